The fraction of sp³-hybridized carbons (Fsp3) is 0.583. The Balaban J connectivity index is 2.05. The molecule has 1 aromatic rings. The van der Waals surface area contributed by atoms with Gasteiger partial charge in [0.2, 0.25) is 0 Å². The van der Waals surface area contributed by atoms with Gasteiger partial charge in [0.25, 0.3) is 0 Å². The molecule has 88 valence electrons. The second-order valence-corrected chi connectivity index (χ2v) is 5.57. The number of halogens is 2. The zero-order valence-corrected chi connectivity index (χ0v) is 10.7. The third-order valence-electron chi connectivity index (χ3n) is 3.11. The van der Waals surface area contributed by atoms with Crippen LogP contribution >= 0.6 is 15.9 Å². The van der Waals surface area contributed by atoms with Crippen molar-refractivity contribution in [3.05, 3.63) is 28.5 Å². The van der Waals surface area contributed by atoms with Crippen LogP contribution in [0.3, 0.4) is 0 Å². The molecule has 2 rings (SSSR count). The number of nitrogens with two attached hydrogens (primary N) is 1. The van der Waals surface area contributed by atoms with Gasteiger partial charge in [-0.25, -0.2) is 4.39 Å². The van der Waals surface area contributed by atoms with Gasteiger partial charge in [-0.1, -0.05) is 0 Å². The molecule has 4 heteroatoms. The summed E-state index contributed by atoms with van der Waals surface area (Å²) in [6, 6.07) is 3.77. The highest BCUT2D eigenvalue weighted by atomic mass is 79.9. The smallest absolute Gasteiger partial charge is 0.118 e. The fourth-order valence-electron chi connectivity index (χ4n) is 2.35. The Bertz CT molecular complexity index is 355. The molecular formula is C12H16BrFN2. The maximum atomic E-state index is 14.5. The molecule has 0 bridgehead atoms. The maximum absolute atomic E-state index is 14.5. The van der Waals surface area contributed by atoms with Crippen molar-refractivity contribution in [1.29, 1.82) is 0 Å². The van der Waals surface area contributed by atoms with Crippen LogP contribution in [0.4, 0.5) is 4.39 Å². The molecule has 0 spiro atoms. The van der Waals surface area contributed by atoms with Crippen LogP contribution < -0.4 is 5.73 Å². The summed E-state index contributed by atoms with van der Waals surface area (Å²) in [5.74, 6) is 0. The van der Waals surface area contributed by atoms with Gasteiger partial charge in [0.15, 0.2) is 0 Å². The number of hydrogen-bond acceptors (Lipinski definition) is 2. The fourth-order valence-corrected chi connectivity index (χ4v) is 2.59. The molecule has 2 atom stereocenters. The third kappa shape index (κ3) is 3.01. The van der Waals surface area contributed by atoms with Gasteiger partial charge in [0, 0.05) is 28.8 Å². The molecule has 0 aromatic carbocycles. The first-order valence-corrected chi connectivity index (χ1v) is 6.42. The van der Waals surface area contributed by atoms with Crippen molar-refractivity contribution in [3.8, 4) is 0 Å². The van der Waals surface area contributed by atoms with Crippen LogP contribution in [0.5, 0.6) is 0 Å². The van der Waals surface area contributed by atoms with Crippen LogP contribution in [0, 0.1) is 0 Å². The maximum Gasteiger partial charge on any atom is 0.118 e. The van der Waals surface area contributed by atoms with E-state index in [1.54, 1.807) is 6.20 Å². The molecular weight excluding hydrogens is 271 g/mol. The van der Waals surface area contributed by atoms with E-state index < -0.39 is 5.67 Å². The SMILES string of the molecule is NC1CCCC(F)(Cc2ccc(Br)cn2)C1. The average Bonchev–Trinajstić information content (AvgIpc) is 2.21. The van der Waals surface area contributed by atoms with Crippen LogP contribution in [0.2, 0.25) is 0 Å². The van der Waals surface area contributed by atoms with Crippen LogP contribution in [-0.4, -0.2) is 16.7 Å². The minimum atomic E-state index is -1.15. The molecule has 0 saturated heterocycles. The summed E-state index contributed by atoms with van der Waals surface area (Å²) < 4.78 is 15.4. The predicted octanol–water partition coefficient (Wildman–Crippen LogP) is 3.00. The number of aromatic nitrogens is 1. The van der Waals surface area contributed by atoms with Gasteiger partial charge < -0.3 is 5.73 Å². The molecule has 1 aliphatic carbocycles. The Kier molecular flexibility index (Phi) is 3.60. The monoisotopic (exact) mass is 286 g/mol. The molecule has 2 N–H and O–H groups in total. The summed E-state index contributed by atoms with van der Waals surface area (Å²) in [6.07, 6.45) is 4.99. The highest BCUT2D eigenvalue weighted by Crippen LogP contribution is 2.34. The second kappa shape index (κ2) is 4.80. The van der Waals surface area contributed by atoms with E-state index in [1.165, 1.54) is 0 Å². The number of rotatable bonds is 2. The summed E-state index contributed by atoms with van der Waals surface area (Å²) in [5.41, 5.74) is 5.47. The minimum absolute atomic E-state index is 0.00852. The standard InChI is InChI=1S/C12H16BrFN2/c13-9-3-4-11(16-8-9)7-12(14)5-1-2-10(15)6-12/h3-4,8,10H,1-2,5-7,15H2. The summed E-state index contributed by atoms with van der Waals surface area (Å²) in [6.45, 7) is 0. The molecule has 2 nitrogen and oxygen atoms in total. The topological polar surface area (TPSA) is 38.9 Å². The zero-order chi connectivity index (χ0) is 11.6. The van der Waals surface area contributed by atoms with Gasteiger partial charge in [0.05, 0.1) is 0 Å². The highest BCUT2D eigenvalue weighted by Gasteiger charge is 2.35. The van der Waals surface area contributed by atoms with E-state index in [-0.39, 0.29) is 6.04 Å². The van der Waals surface area contributed by atoms with E-state index in [9.17, 15) is 4.39 Å². The van der Waals surface area contributed by atoms with Crippen molar-refractivity contribution in [1.82, 2.24) is 4.98 Å². The second-order valence-electron chi connectivity index (χ2n) is 4.65. The third-order valence-corrected chi connectivity index (χ3v) is 3.58. The zero-order valence-electron chi connectivity index (χ0n) is 9.13. The number of pyridine rings is 1. The van der Waals surface area contributed by atoms with Crippen LogP contribution in [0.15, 0.2) is 22.8 Å². The first-order valence-electron chi connectivity index (χ1n) is 5.62. The van der Waals surface area contributed by atoms with Crippen molar-refractivity contribution in [2.24, 2.45) is 5.73 Å². The Hall–Kier alpha value is -0.480. The van der Waals surface area contributed by atoms with Gasteiger partial charge >= 0.3 is 0 Å². The Labute approximate surface area is 104 Å². The molecule has 1 fully saturated rings. The molecule has 0 radical (unpaired) electrons. The molecule has 1 aromatic heterocycles. The summed E-state index contributed by atoms with van der Waals surface area (Å²) in [7, 11) is 0. The minimum Gasteiger partial charge on any atom is -0.328 e. The van der Waals surface area contributed by atoms with E-state index in [0.29, 0.717) is 19.3 Å². The van der Waals surface area contributed by atoms with Crippen LogP contribution in [0.25, 0.3) is 0 Å². The number of hydrogen-bond donors (Lipinski definition) is 1. The largest absolute Gasteiger partial charge is 0.328 e. The van der Waals surface area contributed by atoms with Crippen molar-refractivity contribution >= 4 is 15.9 Å². The van der Waals surface area contributed by atoms with Crippen LogP contribution in [0.1, 0.15) is 31.4 Å². The molecule has 0 aliphatic heterocycles. The molecule has 0 amide bonds. The van der Waals surface area contributed by atoms with Crippen LogP contribution in [-0.2, 0) is 6.42 Å². The van der Waals surface area contributed by atoms with Gasteiger partial charge in [-0.2, -0.15) is 0 Å². The lowest BCUT2D eigenvalue weighted by molar-refractivity contribution is 0.0954. The molecule has 2 unspecified atom stereocenters. The van der Waals surface area contributed by atoms with E-state index in [1.807, 2.05) is 12.1 Å². The van der Waals surface area contributed by atoms with Crippen molar-refractivity contribution < 1.29 is 4.39 Å². The molecule has 1 aliphatic rings. The van der Waals surface area contributed by atoms with E-state index in [2.05, 4.69) is 20.9 Å². The lowest BCUT2D eigenvalue weighted by atomic mass is 9.81. The van der Waals surface area contributed by atoms with Crippen molar-refractivity contribution in [3.63, 3.8) is 0 Å². The normalized spacial score (nSPS) is 30.3. The first kappa shape index (κ1) is 12.0. The molecule has 16 heavy (non-hydrogen) atoms. The Morgan fingerprint density at radius 1 is 1.56 bits per heavy atom. The highest BCUT2D eigenvalue weighted by molar-refractivity contribution is 9.10. The molecule has 1 heterocycles. The van der Waals surface area contributed by atoms with Gasteiger partial charge in [0.1, 0.15) is 5.67 Å². The number of alkyl halides is 1. The van der Waals surface area contributed by atoms with Gasteiger partial charge in [-0.15, -0.1) is 0 Å². The summed E-state index contributed by atoms with van der Waals surface area (Å²) >= 11 is 3.32. The lowest BCUT2D eigenvalue weighted by Gasteiger charge is -2.32. The Morgan fingerprint density at radius 3 is 3.00 bits per heavy atom. The van der Waals surface area contributed by atoms with Crippen molar-refractivity contribution in [2.45, 2.75) is 43.8 Å². The lowest BCUT2D eigenvalue weighted by Crippen LogP contribution is -2.39. The summed E-state index contributed by atoms with van der Waals surface area (Å²) in [4.78, 5) is 4.21. The van der Waals surface area contributed by atoms with Gasteiger partial charge in [-0.3, -0.25) is 4.98 Å². The van der Waals surface area contributed by atoms with Gasteiger partial charge in [-0.05, 0) is 53.7 Å². The van der Waals surface area contributed by atoms with E-state index in [4.69, 9.17) is 5.73 Å². The first-order chi connectivity index (χ1) is 7.57. The summed E-state index contributed by atoms with van der Waals surface area (Å²) in [5, 5.41) is 0. The predicted molar refractivity (Wildman–Crippen MR) is 65.9 cm³/mol. The quantitative estimate of drug-likeness (QED) is 0.908. The van der Waals surface area contributed by atoms with E-state index in [0.717, 1.165) is 23.0 Å². The van der Waals surface area contributed by atoms with E-state index >= 15 is 0 Å². The average molecular weight is 287 g/mol. The number of nitrogens with zero attached hydrogens (tertiary/aromatic N) is 1. The van der Waals surface area contributed by atoms with Crippen molar-refractivity contribution in [2.75, 3.05) is 0 Å². The molecule has 1 saturated carbocycles. The Morgan fingerprint density at radius 2 is 2.38 bits per heavy atom.